The van der Waals surface area contributed by atoms with Gasteiger partial charge in [0.25, 0.3) is 0 Å². The first-order valence-corrected chi connectivity index (χ1v) is 10.6. The summed E-state index contributed by atoms with van der Waals surface area (Å²) in [5.74, 6) is -0.454. The van der Waals surface area contributed by atoms with Crippen LogP contribution in [0.1, 0.15) is 22.6 Å². The Morgan fingerprint density at radius 3 is 2.19 bits per heavy atom. The van der Waals surface area contributed by atoms with Crippen LogP contribution in [0.15, 0.2) is 109 Å². The minimum atomic E-state index is -0.390. The van der Waals surface area contributed by atoms with Crippen molar-refractivity contribution >= 4 is 17.2 Å². The first-order valence-electron chi connectivity index (χ1n) is 10.6. The Morgan fingerprint density at radius 2 is 1.53 bits per heavy atom. The van der Waals surface area contributed by atoms with Gasteiger partial charge in [0.1, 0.15) is 5.65 Å². The molecule has 5 aromatic rings. The van der Waals surface area contributed by atoms with Crippen LogP contribution in [-0.4, -0.2) is 15.3 Å². The molecular formula is C28H23N3O. The zero-order valence-corrected chi connectivity index (χ0v) is 17.8. The molecule has 4 nitrogen and oxygen atoms in total. The molecule has 0 saturated heterocycles. The van der Waals surface area contributed by atoms with E-state index in [-0.39, 0.29) is 11.8 Å². The van der Waals surface area contributed by atoms with Crippen molar-refractivity contribution in [1.82, 2.24) is 9.38 Å². The molecule has 0 aliphatic heterocycles. The second-order valence-corrected chi connectivity index (χ2v) is 7.87. The molecule has 2 aromatic heterocycles. The number of imidazole rings is 1. The minimum Gasteiger partial charge on any atom is -0.325 e. The normalized spacial score (nSPS) is 11.1. The third-order valence-corrected chi connectivity index (χ3v) is 5.63. The number of aryl methyl sites for hydroxylation is 1. The molecule has 0 fully saturated rings. The zero-order chi connectivity index (χ0) is 21.9. The van der Waals surface area contributed by atoms with Crippen molar-refractivity contribution in [3.8, 4) is 11.3 Å². The lowest BCUT2D eigenvalue weighted by molar-refractivity contribution is -0.116. The largest absolute Gasteiger partial charge is 0.325 e. The third-order valence-electron chi connectivity index (χ3n) is 5.63. The van der Waals surface area contributed by atoms with Gasteiger partial charge in [-0.05, 0) is 41.8 Å². The highest BCUT2D eigenvalue weighted by atomic mass is 16.1. The summed E-state index contributed by atoms with van der Waals surface area (Å²) in [5, 5.41) is 3.12. The van der Waals surface area contributed by atoms with Gasteiger partial charge >= 0.3 is 0 Å². The molecule has 1 N–H and O–H groups in total. The average Bonchev–Trinajstić information content (AvgIpc) is 3.27. The number of hydrogen-bond donors (Lipinski definition) is 1. The van der Waals surface area contributed by atoms with Gasteiger partial charge in [0.2, 0.25) is 5.91 Å². The number of pyridine rings is 1. The van der Waals surface area contributed by atoms with Crippen molar-refractivity contribution in [3.63, 3.8) is 0 Å². The fourth-order valence-electron chi connectivity index (χ4n) is 4.05. The Hall–Kier alpha value is -4.18. The number of fused-ring (bicyclic) bond motifs is 1. The highest BCUT2D eigenvalue weighted by molar-refractivity contribution is 5.98. The Balaban J connectivity index is 1.46. The molecule has 5 rings (SSSR count). The SMILES string of the molecule is Cc1cccn2cc(-c3cccc(NC(=O)C(c4ccccc4)c4ccccc4)c3)nc12. The monoisotopic (exact) mass is 417 g/mol. The van der Waals surface area contributed by atoms with Gasteiger partial charge < -0.3 is 9.72 Å². The van der Waals surface area contributed by atoms with Crippen molar-refractivity contribution in [2.45, 2.75) is 12.8 Å². The minimum absolute atomic E-state index is 0.0644. The zero-order valence-electron chi connectivity index (χ0n) is 17.8. The summed E-state index contributed by atoms with van der Waals surface area (Å²) in [4.78, 5) is 18.2. The Bertz CT molecular complexity index is 1330. The smallest absolute Gasteiger partial charge is 0.236 e. The number of aromatic nitrogens is 2. The van der Waals surface area contributed by atoms with Gasteiger partial charge in [-0.3, -0.25) is 4.79 Å². The quantitative estimate of drug-likeness (QED) is 0.377. The maximum atomic E-state index is 13.4. The van der Waals surface area contributed by atoms with Crippen molar-refractivity contribution in [2.75, 3.05) is 5.32 Å². The molecular weight excluding hydrogens is 394 g/mol. The maximum absolute atomic E-state index is 13.4. The summed E-state index contributed by atoms with van der Waals surface area (Å²) in [7, 11) is 0. The lowest BCUT2D eigenvalue weighted by Gasteiger charge is -2.18. The number of benzene rings is 3. The van der Waals surface area contributed by atoms with Crippen LogP contribution >= 0.6 is 0 Å². The van der Waals surface area contributed by atoms with Crippen molar-refractivity contribution in [3.05, 3.63) is 126 Å². The number of nitrogens with one attached hydrogen (secondary N) is 1. The van der Waals surface area contributed by atoms with Gasteiger partial charge in [-0.1, -0.05) is 78.9 Å². The predicted molar refractivity (Wildman–Crippen MR) is 129 cm³/mol. The van der Waals surface area contributed by atoms with Gasteiger partial charge in [0.05, 0.1) is 11.6 Å². The summed E-state index contributed by atoms with van der Waals surface area (Å²) in [5.41, 5.74) is 6.56. The summed E-state index contributed by atoms with van der Waals surface area (Å²) >= 11 is 0. The summed E-state index contributed by atoms with van der Waals surface area (Å²) in [6.45, 7) is 2.05. The van der Waals surface area contributed by atoms with Crippen LogP contribution < -0.4 is 5.32 Å². The first-order chi connectivity index (χ1) is 15.7. The van der Waals surface area contributed by atoms with Crippen LogP contribution in [0.3, 0.4) is 0 Å². The molecule has 3 aromatic carbocycles. The van der Waals surface area contributed by atoms with E-state index in [1.165, 1.54) is 0 Å². The van der Waals surface area contributed by atoms with Crippen molar-refractivity contribution in [2.24, 2.45) is 0 Å². The van der Waals surface area contributed by atoms with Crippen molar-refractivity contribution < 1.29 is 4.79 Å². The van der Waals surface area contributed by atoms with E-state index >= 15 is 0 Å². The number of amides is 1. The molecule has 1 amide bonds. The Morgan fingerprint density at radius 1 is 0.844 bits per heavy atom. The molecule has 0 radical (unpaired) electrons. The van der Waals surface area contributed by atoms with E-state index in [1.54, 1.807) is 0 Å². The van der Waals surface area contributed by atoms with Gasteiger partial charge in [-0.25, -0.2) is 4.98 Å². The van der Waals surface area contributed by atoms with Crippen LogP contribution in [0.4, 0.5) is 5.69 Å². The van der Waals surface area contributed by atoms with Crippen LogP contribution in [0.25, 0.3) is 16.9 Å². The number of hydrogen-bond acceptors (Lipinski definition) is 2. The topological polar surface area (TPSA) is 46.4 Å². The van der Waals surface area contributed by atoms with Gasteiger partial charge in [-0.2, -0.15) is 0 Å². The fourth-order valence-corrected chi connectivity index (χ4v) is 4.05. The molecule has 2 heterocycles. The number of carbonyl (C=O) groups excluding carboxylic acids is 1. The van der Waals surface area contributed by atoms with E-state index in [2.05, 4.69) is 18.3 Å². The maximum Gasteiger partial charge on any atom is 0.236 e. The predicted octanol–water partition coefficient (Wildman–Crippen LogP) is 6.08. The Labute approximate surface area is 187 Å². The Kier molecular flexibility index (Phi) is 5.26. The molecule has 0 unspecified atom stereocenters. The van der Waals surface area contributed by atoms with E-state index < -0.39 is 0 Å². The first kappa shape index (κ1) is 19.8. The van der Waals surface area contributed by atoms with Crippen LogP contribution in [0.5, 0.6) is 0 Å². The van der Waals surface area contributed by atoms with E-state index in [9.17, 15) is 4.79 Å². The second kappa shape index (κ2) is 8.52. The van der Waals surface area contributed by atoms with E-state index in [0.29, 0.717) is 0 Å². The van der Waals surface area contributed by atoms with Crippen molar-refractivity contribution in [1.29, 1.82) is 0 Å². The lowest BCUT2D eigenvalue weighted by Crippen LogP contribution is -2.22. The van der Waals surface area contributed by atoms with Crippen LogP contribution in [0, 0.1) is 6.92 Å². The summed E-state index contributed by atoms with van der Waals surface area (Å²) in [6.07, 6.45) is 4.01. The molecule has 0 saturated carbocycles. The molecule has 0 aliphatic rings. The highest BCUT2D eigenvalue weighted by Gasteiger charge is 2.22. The second-order valence-electron chi connectivity index (χ2n) is 7.87. The number of carbonyl (C=O) groups is 1. The van der Waals surface area contributed by atoms with E-state index in [1.807, 2.05) is 108 Å². The average molecular weight is 418 g/mol. The highest BCUT2D eigenvalue weighted by Crippen LogP contribution is 2.28. The fraction of sp³-hybridized carbons (Fsp3) is 0.0714. The van der Waals surface area contributed by atoms with E-state index in [0.717, 1.165) is 39.3 Å². The van der Waals surface area contributed by atoms with Crippen LogP contribution in [0.2, 0.25) is 0 Å². The molecule has 0 bridgehead atoms. The van der Waals surface area contributed by atoms with Gasteiger partial charge in [0, 0.05) is 23.6 Å². The molecule has 0 atom stereocenters. The summed E-state index contributed by atoms with van der Waals surface area (Å²) in [6, 6.07) is 31.7. The summed E-state index contributed by atoms with van der Waals surface area (Å²) < 4.78 is 2.02. The van der Waals surface area contributed by atoms with Gasteiger partial charge in [-0.15, -0.1) is 0 Å². The van der Waals surface area contributed by atoms with Crippen LogP contribution in [-0.2, 0) is 4.79 Å². The molecule has 0 spiro atoms. The molecule has 4 heteroatoms. The molecule has 0 aliphatic carbocycles. The molecule has 156 valence electrons. The number of rotatable bonds is 5. The third kappa shape index (κ3) is 3.91. The number of anilines is 1. The lowest BCUT2D eigenvalue weighted by atomic mass is 9.90. The molecule has 32 heavy (non-hydrogen) atoms. The van der Waals surface area contributed by atoms with E-state index in [4.69, 9.17) is 4.98 Å². The standard InChI is InChI=1S/C28H23N3O/c1-20-10-9-17-31-19-25(30-27(20)31)23-15-8-16-24(18-23)29-28(32)26(21-11-4-2-5-12-21)22-13-6-3-7-14-22/h2-19,26H,1H3,(H,29,32). The number of nitrogens with zero attached hydrogens (tertiary/aromatic N) is 2. The van der Waals surface area contributed by atoms with Gasteiger partial charge in [0.15, 0.2) is 0 Å².